The summed E-state index contributed by atoms with van der Waals surface area (Å²) in [6, 6.07) is 8.37. The third kappa shape index (κ3) is 3.47. The van der Waals surface area contributed by atoms with Gasteiger partial charge in [0.1, 0.15) is 0 Å². The van der Waals surface area contributed by atoms with Crippen LogP contribution in [0.3, 0.4) is 0 Å². The molecule has 2 nitrogen and oxygen atoms in total. The van der Waals surface area contributed by atoms with Crippen molar-refractivity contribution in [2.24, 2.45) is 5.73 Å². The first-order valence-electron chi connectivity index (χ1n) is 6.63. The SMILES string of the molecule is CCCC(C)(CN)N(C)C(C)c1cccc(Cl)c1. The zero-order valence-electron chi connectivity index (χ0n) is 11.9. The van der Waals surface area contributed by atoms with Gasteiger partial charge in [-0.1, -0.05) is 37.1 Å². The van der Waals surface area contributed by atoms with E-state index in [1.54, 1.807) is 0 Å². The van der Waals surface area contributed by atoms with E-state index in [1.807, 2.05) is 18.2 Å². The molecule has 0 bridgehead atoms. The van der Waals surface area contributed by atoms with Gasteiger partial charge in [0.2, 0.25) is 0 Å². The van der Waals surface area contributed by atoms with Gasteiger partial charge in [-0.2, -0.15) is 0 Å². The van der Waals surface area contributed by atoms with E-state index in [9.17, 15) is 0 Å². The Morgan fingerprint density at radius 2 is 2.11 bits per heavy atom. The van der Waals surface area contributed by atoms with E-state index in [2.05, 4.69) is 38.8 Å². The number of likely N-dealkylation sites (N-methyl/N-ethyl adjacent to an activating group) is 1. The predicted octanol–water partition coefficient (Wildman–Crippen LogP) is 3.85. The highest BCUT2D eigenvalue weighted by atomic mass is 35.5. The Balaban J connectivity index is 2.91. The summed E-state index contributed by atoms with van der Waals surface area (Å²) in [5.74, 6) is 0. The second-order valence-electron chi connectivity index (χ2n) is 5.29. The highest BCUT2D eigenvalue weighted by molar-refractivity contribution is 6.30. The number of hydrogen-bond donors (Lipinski definition) is 1. The summed E-state index contributed by atoms with van der Waals surface area (Å²) in [5, 5.41) is 0.790. The van der Waals surface area contributed by atoms with Crippen LogP contribution in [0.1, 0.15) is 45.2 Å². The van der Waals surface area contributed by atoms with Crippen molar-refractivity contribution in [1.82, 2.24) is 4.90 Å². The molecule has 0 spiro atoms. The first kappa shape index (κ1) is 15.5. The fourth-order valence-corrected chi connectivity index (χ4v) is 2.62. The van der Waals surface area contributed by atoms with Gasteiger partial charge in [0, 0.05) is 23.1 Å². The van der Waals surface area contributed by atoms with E-state index < -0.39 is 0 Å². The maximum atomic E-state index is 6.06. The Morgan fingerprint density at radius 3 is 2.61 bits per heavy atom. The lowest BCUT2D eigenvalue weighted by molar-refractivity contribution is 0.0910. The third-order valence-corrected chi connectivity index (χ3v) is 4.23. The molecular weight excluding hydrogens is 244 g/mol. The van der Waals surface area contributed by atoms with Crippen LogP contribution in [0.4, 0.5) is 0 Å². The van der Waals surface area contributed by atoms with Gasteiger partial charge in [-0.15, -0.1) is 0 Å². The Hall–Kier alpha value is -0.570. The molecule has 3 heteroatoms. The van der Waals surface area contributed by atoms with E-state index in [-0.39, 0.29) is 5.54 Å². The van der Waals surface area contributed by atoms with E-state index in [1.165, 1.54) is 5.56 Å². The van der Waals surface area contributed by atoms with Crippen LogP contribution >= 0.6 is 11.6 Å². The van der Waals surface area contributed by atoms with Crippen molar-refractivity contribution in [2.75, 3.05) is 13.6 Å². The summed E-state index contributed by atoms with van der Waals surface area (Å²) in [5.41, 5.74) is 7.25. The number of halogens is 1. The molecule has 0 radical (unpaired) electrons. The molecule has 0 heterocycles. The van der Waals surface area contributed by atoms with Gasteiger partial charge in [0.15, 0.2) is 0 Å². The Bertz CT molecular complexity index is 381. The van der Waals surface area contributed by atoms with Crippen molar-refractivity contribution < 1.29 is 0 Å². The van der Waals surface area contributed by atoms with E-state index in [0.717, 1.165) is 17.9 Å². The molecule has 0 aliphatic carbocycles. The largest absolute Gasteiger partial charge is 0.329 e. The molecule has 0 aliphatic heterocycles. The molecule has 102 valence electrons. The van der Waals surface area contributed by atoms with Crippen LogP contribution in [0.5, 0.6) is 0 Å². The highest BCUT2D eigenvalue weighted by Gasteiger charge is 2.30. The Labute approximate surface area is 116 Å². The van der Waals surface area contributed by atoms with E-state index in [4.69, 9.17) is 17.3 Å². The smallest absolute Gasteiger partial charge is 0.0409 e. The van der Waals surface area contributed by atoms with Crippen molar-refractivity contribution in [2.45, 2.75) is 45.2 Å². The van der Waals surface area contributed by atoms with Crippen molar-refractivity contribution in [3.05, 3.63) is 34.9 Å². The lowest BCUT2D eigenvalue weighted by atomic mass is 9.91. The topological polar surface area (TPSA) is 29.3 Å². The molecule has 18 heavy (non-hydrogen) atoms. The third-order valence-electron chi connectivity index (χ3n) is 3.99. The molecule has 0 aliphatic rings. The van der Waals surface area contributed by atoms with Gasteiger partial charge < -0.3 is 5.73 Å². The summed E-state index contributed by atoms with van der Waals surface area (Å²) >= 11 is 6.06. The van der Waals surface area contributed by atoms with Crippen molar-refractivity contribution in [3.63, 3.8) is 0 Å². The molecule has 1 aromatic rings. The van der Waals surface area contributed by atoms with E-state index in [0.29, 0.717) is 12.6 Å². The maximum Gasteiger partial charge on any atom is 0.0409 e. The molecule has 2 N–H and O–H groups in total. The van der Waals surface area contributed by atoms with Crippen LogP contribution in [0.15, 0.2) is 24.3 Å². The lowest BCUT2D eigenvalue weighted by Crippen LogP contribution is -2.50. The quantitative estimate of drug-likeness (QED) is 0.849. The van der Waals surface area contributed by atoms with Crippen LogP contribution < -0.4 is 5.73 Å². The van der Waals surface area contributed by atoms with Crippen molar-refractivity contribution in [1.29, 1.82) is 0 Å². The Morgan fingerprint density at radius 1 is 1.44 bits per heavy atom. The fraction of sp³-hybridized carbons (Fsp3) is 0.600. The standard InChI is InChI=1S/C15H25ClN2/c1-5-9-15(3,11-17)18(4)12(2)13-7-6-8-14(16)10-13/h6-8,10,12H,5,9,11,17H2,1-4H3. The van der Waals surface area contributed by atoms with Gasteiger partial charge in [0.05, 0.1) is 0 Å². The predicted molar refractivity (Wildman–Crippen MR) is 80.0 cm³/mol. The first-order valence-corrected chi connectivity index (χ1v) is 7.01. The van der Waals surface area contributed by atoms with Crippen LogP contribution in [0.25, 0.3) is 0 Å². The summed E-state index contributed by atoms with van der Waals surface area (Å²) in [4.78, 5) is 2.36. The van der Waals surface area contributed by atoms with Crippen LogP contribution in [0.2, 0.25) is 5.02 Å². The fourth-order valence-electron chi connectivity index (χ4n) is 2.42. The molecular formula is C15H25ClN2. The van der Waals surface area contributed by atoms with Crippen molar-refractivity contribution in [3.8, 4) is 0 Å². The number of hydrogen-bond acceptors (Lipinski definition) is 2. The maximum absolute atomic E-state index is 6.06. The van der Waals surface area contributed by atoms with Gasteiger partial charge in [-0.3, -0.25) is 4.90 Å². The summed E-state index contributed by atoms with van der Waals surface area (Å²) in [6.07, 6.45) is 2.24. The summed E-state index contributed by atoms with van der Waals surface area (Å²) < 4.78 is 0. The second-order valence-corrected chi connectivity index (χ2v) is 5.73. The van der Waals surface area contributed by atoms with Crippen LogP contribution in [-0.4, -0.2) is 24.0 Å². The summed E-state index contributed by atoms with van der Waals surface area (Å²) in [6.45, 7) is 7.31. The lowest BCUT2D eigenvalue weighted by Gasteiger charge is -2.42. The van der Waals surface area contributed by atoms with Crippen LogP contribution in [0, 0.1) is 0 Å². The van der Waals surface area contributed by atoms with Crippen LogP contribution in [-0.2, 0) is 0 Å². The highest BCUT2D eigenvalue weighted by Crippen LogP contribution is 2.30. The zero-order valence-corrected chi connectivity index (χ0v) is 12.7. The van der Waals surface area contributed by atoms with E-state index >= 15 is 0 Å². The minimum atomic E-state index is 0.0382. The number of rotatable bonds is 6. The summed E-state index contributed by atoms with van der Waals surface area (Å²) in [7, 11) is 2.15. The zero-order chi connectivity index (χ0) is 13.8. The number of nitrogens with zero attached hydrogens (tertiary/aromatic N) is 1. The molecule has 0 amide bonds. The molecule has 0 fully saturated rings. The van der Waals surface area contributed by atoms with Crippen molar-refractivity contribution >= 4 is 11.6 Å². The molecule has 2 atom stereocenters. The molecule has 0 saturated heterocycles. The first-order chi connectivity index (χ1) is 8.44. The average molecular weight is 269 g/mol. The molecule has 0 aromatic heterocycles. The normalized spacial score (nSPS) is 16.6. The molecule has 2 unspecified atom stereocenters. The number of benzene rings is 1. The minimum absolute atomic E-state index is 0.0382. The molecule has 0 saturated carbocycles. The molecule has 1 aromatic carbocycles. The van der Waals surface area contributed by atoms with Gasteiger partial charge in [-0.25, -0.2) is 0 Å². The van der Waals surface area contributed by atoms with Gasteiger partial charge in [-0.05, 0) is 45.0 Å². The molecule has 1 rings (SSSR count). The number of nitrogens with two attached hydrogens (primary N) is 1. The van der Waals surface area contributed by atoms with Gasteiger partial charge in [0.25, 0.3) is 0 Å². The second kappa shape index (κ2) is 6.55. The monoisotopic (exact) mass is 268 g/mol. The van der Waals surface area contributed by atoms with Gasteiger partial charge >= 0.3 is 0 Å². The minimum Gasteiger partial charge on any atom is -0.329 e. The Kier molecular flexibility index (Phi) is 5.64. The average Bonchev–Trinajstić information content (AvgIpc) is 2.37.